The molecular weight excluding hydrogens is 214 g/mol. The minimum absolute atomic E-state index is 0.0666. The van der Waals surface area contributed by atoms with E-state index in [9.17, 15) is 14.4 Å². The lowest BCUT2D eigenvalue weighted by Crippen LogP contribution is -2.41. The van der Waals surface area contributed by atoms with E-state index in [1.54, 1.807) is 0 Å². The highest BCUT2D eigenvalue weighted by molar-refractivity contribution is 5.86. The zero-order valence-electron chi connectivity index (χ0n) is 9.14. The summed E-state index contributed by atoms with van der Waals surface area (Å²) in [6.07, 6.45) is 1.07. The van der Waals surface area contributed by atoms with E-state index < -0.39 is 18.0 Å². The van der Waals surface area contributed by atoms with E-state index in [-0.39, 0.29) is 18.7 Å². The molecular formula is C10H15NO5. The molecule has 0 saturated carbocycles. The van der Waals surface area contributed by atoms with Crippen molar-refractivity contribution >= 4 is 17.8 Å². The Morgan fingerprint density at radius 3 is 2.62 bits per heavy atom. The molecule has 1 heterocycles. The molecule has 1 atom stereocenters. The number of hydrogen-bond donors (Lipinski definition) is 1. The van der Waals surface area contributed by atoms with Crippen LogP contribution >= 0.6 is 0 Å². The van der Waals surface area contributed by atoms with E-state index in [0.29, 0.717) is 13.0 Å². The van der Waals surface area contributed by atoms with Gasteiger partial charge in [0.2, 0.25) is 5.91 Å². The highest BCUT2D eigenvalue weighted by atomic mass is 16.5. The number of carboxylic acid groups (broad SMARTS) is 1. The molecule has 0 radical (unpaired) electrons. The van der Waals surface area contributed by atoms with Crippen LogP contribution in [0.2, 0.25) is 0 Å². The van der Waals surface area contributed by atoms with Crippen LogP contribution in [0.5, 0.6) is 0 Å². The Kier molecular flexibility index (Phi) is 4.28. The molecule has 90 valence electrons. The molecule has 0 spiro atoms. The minimum atomic E-state index is -1.01. The third-order valence-corrected chi connectivity index (χ3v) is 2.60. The third kappa shape index (κ3) is 2.95. The first kappa shape index (κ1) is 12.5. The topological polar surface area (TPSA) is 83.9 Å². The Morgan fingerprint density at radius 2 is 2.06 bits per heavy atom. The molecule has 1 aliphatic heterocycles. The highest BCUT2D eigenvalue weighted by Gasteiger charge is 2.34. The van der Waals surface area contributed by atoms with E-state index >= 15 is 0 Å². The zero-order chi connectivity index (χ0) is 12.1. The second kappa shape index (κ2) is 5.48. The van der Waals surface area contributed by atoms with Gasteiger partial charge in [0.15, 0.2) is 0 Å². The van der Waals surface area contributed by atoms with Gasteiger partial charge in [0, 0.05) is 13.0 Å². The number of likely N-dealkylation sites (tertiary alicyclic amines) is 1. The van der Waals surface area contributed by atoms with E-state index in [2.05, 4.69) is 4.74 Å². The molecule has 1 unspecified atom stereocenters. The molecule has 1 aliphatic rings. The molecule has 0 aromatic rings. The number of rotatable bonds is 4. The van der Waals surface area contributed by atoms with Crippen molar-refractivity contribution in [2.45, 2.75) is 31.7 Å². The summed E-state index contributed by atoms with van der Waals surface area (Å²) in [5, 5.41) is 8.46. The molecule has 0 aliphatic carbocycles. The first-order chi connectivity index (χ1) is 7.56. The van der Waals surface area contributed by atoms with Gasteiger partial charge < -0.3 is 14.7 Å². The van der Waals surface area contributed by atoms with E-state index in [4.69, 9.17) is 5.11 Å². The van der Waals surface area contributed by atoms with E-state index in [1.807, 2.05) is 0 Å². The Morgan fingerprint density at radius 1 is 1.38 bits per heavy atom. The number of carboxylic acids is 1. The van der Waals surface area contributed by atoms with Crippen LogP contribution in [0.4, 0.5) is 0 Å². The number of ether oxygens (including phenoxy) is 1. The maximum atomic E-state index is 11.6. The number of aliphatic carboxylic acids is 1. The number of esters is 1. The first-order valence-corrected chi connectivity index (χ1v) is 5.15. The number of nitrogens with zero attached hydrogens (tertiary/aromatic N) is 1. The van der Waals surface area contributed by atoms with Gasteiger partial charge in [-0.25, -0.2) is 4.79 Å². The summed E-state index contributed by atoms with van der Waals surface area (Å²) in [5.74, 6) is -1.74. The van der Waals surface area contributed by atoms with Crippen molar-refractivity contribution in [3.05, 3.63) is 0 Å². The molecule has 0 aromatic heterocycles. The van der Waals surface area contributed by atoms with Crippen LogP contribution in [0.3, 0.4) is 0 Å². The smallest absolute Gasteiger partial charge is 0.328 e. The van der Waals surface area contributed by atoms with Crippen LogP contribution in [-0.4, -0.2) is 47.5 Å². The minimum Gasteiger partial charge on any atom is -0.481 e. The number of carbonyl (C=O) groups excluding carboxylic acids is 2. The van der Waals surface area contributed by atoms with Gasteiger partial charge in [-0.05, 0) is 12.8 Å². The average molecular weight is 229 g/mol. The van der Waals surface area contributed by atoms with Gasteiger partial charge in [0.1, 0.15) is 6.04 Å². The summed E-state index contributed by atoms with van der Waals surface area (Å²) in [4.78, 5) is 34.7. The summed E-state index contributed by atoms with van der Waals surface area (Å²) in [6.45, 7) is 0.498. The quantitative estimate of drug-likeness (QED) is 0.687. The number of hydrogen-bond acceptors (Lipinski definition) is 4. The molecule has 1 rings (SSSR count). The van der Waals surface area contributed by atoms with Crippen molar-refractivity contribution in [2.24, 2.45) is 0 Å². The molecule has 0 aromatic carbocycles. The molecule has 1 N–H and O–H groups in total. The van der Waals surface area contributed by atoms with Gasteiger partial charge in [-0.15, -0.1) is 0 Å². The fourth-order valence-corrected chi connectivity index (χ4v) is 1.80. The maximum absolute atomic E-state index is 11.6. The third-order valence-electron chi connectivity index (χ3n) is 2.60. The van der Waals surface area contributed by atoms with Gasteiger partial charge in [-0.3, -0.25) is 9.59 Å². The highest BCUT2D eigenvalue weighted by Crippen LogP contribution is 2.19. The largest absolute Gasteiger partial charge is 0.481 e. The van der Waals surface area contributed by atoms with Crippen LogP contribution in [0, 0.1) is 0 Å². The summed E-state index contributed by atoms with van der Waals surface area (Å²) in [5.41, 5.74) is 0. The average Bonchev–Trinajstić information content (AvgIpc) is 2.73. The maximum Gasteiger partial charge on any atom is 0.328 e. The molecule has 16 heavy (non-hydrogen) atoms. The number of methoxy groups -OCH3 is 1. The summed E-state index contributed by atoms with van der Waals surface area (Å²) in [7, 11) is 1.28. The summed E-state index contributed by atoms with van der Waals surface area (Å²) < 4.78 is 4.59. The number of amides is 1. The van der Waals surface area contributed by atoms with Crippen molar-refractivity contribution in [1.29, 1.82) is 0 Å². The predicted octanol–water partition coefficient (Wildman–Crippen LogP) is 0.0152. The van der Waals surface area contributed by atoms with Gasteiger partial charge >= 0.3 is 11.9 Å². The fraction of sp³-hybridized carbons (Fsp3) is 0.700. The van der Waals surface area contributed by atoms with Crippen molar-refractivity contribution in [1.82, 2.24) is 4.90 Å². The molecule has 1 amide bonds. The lowest BCUT2D eigenvalue weighted by molar-refractivity contribution is -0.151. The lowest BCUT2D eigenvalue weighted by atomic mass is 10.2. The Labute approximate surface area is 93.2 Å². The lowest BCUT2D eigenvalue weighted by Gasteiger charge is -2.22. The standard InChI is InChI=1S/C10H15NO5/c1-16-10(15)7-3-2-6-11(7)8(12)4-5-9(13)14/h7H,2-6H2,1H3,(H,13,14). The van der Waals surface area contributed by atoms with Crippen LogP contribution in [0.1, 0.15) is 25.7 Å². The van der Waals surface area contributed by atoms with Crippen molar-refractivity contribution in [2.75, 3.05) is 13.7 Å². The summed E-state index contributed by atoms with van der Waals surface area (Å²) >= 11 is 0. The molecule has 1 fully saturated rings. The molecule has 6 heteroatoms. The van der Waals surface area contributed by atoms with Crippen molar-refractivity contribution < 1.29 is 24.2 Å². The normalized spacial score (nSPS) is 19.6. The van der Waals surface area contributed by atoms with Crippen LogP contribution in [0.15, 0.2) is 0 Å². The van der Waals surface area contributed by atoms with Gasteiger partial charge in [0.25, 0.3) is 0 Å². The van der Waals surface area contributed by atoms with Gasteiger partial charge in [-0.2, -0.15) is 0 Å². The zero-order valence-corrected chi connectivity index (χ0v) is 9.14. The predicted molar refractivity (Wildman–Crippen MR) is 53.6 cm³/mol. The SMILES string of the molecule is COC(=O)C1CCCN1C(=O)CCC(=O)O. The Hall–Kier alpha value is -1.59. The van der Waals surface area contributed by atoms with Crippen molar-refractivity contribution in [3.8, 4) is 0 Å². The van der Waals surface area contributed by atoms with Gasteiger partial charge in [0.05, 0.1) is 13.5 Å². The Balaban J connectivity index is 2.54. The van der Waals surface area contributed by atoms with Crippen molar-refractivity contribution in [3.63, 3.8) is 0 Å². The molecule has 1 saturated heterocycles. The first-order valence-electron chi connectivity index (χ1n) is 5.15. The van der Waals surface area contributed by atoms with Crippen LogP contribution in [-0.2, 0) is 19.1 Å². The van der Waals surface area contributed by atoms with Crippen LogP contribution < -0.4 is 0 Å². The molecule has 6 nitrogen and oxygen atoms in total. The van der Waals surface area contributed by atoms with E-state index in [0.717, 1.165) is 6.42 Å². The molecule has 0 bridgehead atoms. The fourth-order valence-electron chi connectivity index (χ4n) is 1.80. The Bertz CT molecular complexity index is 302. The monoisotopic (exact) mass is 229 g/mol. The number of carbonyl (C=O) groups is 3. The van der Waals surface area contributed by atoms with Crippen LogP contribution in [0.25, 0.3) is 0 Å². The second-order valence-corrected chi connectivity index (χ2v) is 3.66. The van der Waals surface area contributed by atoms with Gasteiger partial charge in [-0.1, -0.05) is 0 Å². The summed E-state index contributed by atoms with van der Waals surface area (Å²) in [6, 6.07) is -0.536. The second-order valence-electron chi connectivity index (χ2n) is 3.66. The van der Waals surface area contributed by atoms with E-state index in [1.165, 1.54) is 12.0 Å².